The lowest BCUT2D eigenvalue weighted by molar-refractivity contribution is 0.265. The summed E-state index contributed by atoms with van der Waals surface area (Å²) in [6.07, 6.45) is 0. The number of hydrogen-bond acceptors (Lipinski definition) is 3. The fourth-order valence-electron chi connectivity index (χ4n) is 1.70. The van der Waals surface area contributed by atoms with Crippen LogP contribution < -0.4 is 4.72 Å². The van der Waals surface area contributed by atoms with E-state index in [-0.39, 0.29) is 11.5 Å². The molecule has 1 atom stereocenters. The van der Waals surface area contributed by atoms with Gasteiger partial charge in [0.15, 0.2) is 0 Å². The number of hydrogen-bond donors (Lipinski definition) is 2. The van der Waals surface area contributed by atoms with Gasteiger partial charge in [0.05, 0.1) is 11.5 Å². The van der Waals surface area contributed by atoms with Crippen LogP contribution in [0.15, 0.2) is 47.4 Å². The zero-order chi connectivity index (χ0) is 13.2. The van der Waals surface area contributed by atoms with Crippen LogP contribution in [0.3, 0.4) is 0 Å². The Labute approximate surface area is 106 Å². The minimum atomic E-state index is -3.57. The zero-order valence-electron chi connectivity index (χ0n) is 10.00. The molecule has 0 radical (unpaired) electrons. The van der Waals surface area contributed by atoms with Gasteiger partial charge < -0.3 is 5.11 Å². The van der Waals surface area contributed by atoms with Gasteiger partial charge in [0.1, 0.15) is 0 Å². The van der Waals surface area contributed by atoms with Crippen LogP contribution in [-0.4, -0.2) is 26.2 Å². The topological polar surface area (TPSA) is 66.4 Å². The van der Waals surface area contributed by atoms with Crippen molar-refractivity contribution in [3.8, 4) is 0 Å². The molecule has 0 aliphatic carbocycles. The third-order valence-electron chi connectivity index (χ3n) is 2.66. The third kappa shape index (κ3) is 2.69. The van der Waals surface area contributed by atoms with Gasteiger partial charge in [0.25, 0.3) is 0 Å². The Morgan fingerprint density at radius 3 is 2.50 bits per heavy atom. The van der Waals surface area contributed by atoms with Gasteiger partial charge in [0.2, 0.25) is 10.0 Å². The Morgan fingerprint density at radius 2 is 1.83 bits per heavy atom. The van der Waals surface area contributed by atoms with E-state index >= 15 is 0 Å². The summed E-state index contributed by atoms with van der Waals surface area (Å²) in [5, 5.41) is 10.8. The largest absolute Gasteiger partial charge is 0.395 e. The van der Waals surface area contributed by atoms with E-state index in [1.807, 2.05) is 24.3 Å². The van der Waals surface area contributed by atoms with E-state index in [4.69, 9.17) is 5.11 Å². The van der Waals surface area contributed by atoms with E-state index in [1.54, 1.807) is 25.1 Å². The molecule has 0 unspecified atom stereocenters. The molecule has 2 aromatic rings. The average Bonchev–Trinajstić information content (AvgIpc) is 2.37. The zero-order valence-corrected chi connectivity index (χ0v) is 10.8. The molecule has 18 heavy (non-hydrogen) atoms. The lowest BCUT2D eigenvalue weighted by Gasteiger charge is -2.12. The number of fused-ring (bicyclic) bond motifs is 1. The molecule has 0 heterocycles. The highest BCUT2D eigenvalue weighted by Gasteiger charge is 2.16. The predicted molar refractivity (Wildman–Crippen MR) is 70.8 cm³/mol. The van der Waals surface area contributed by atoms with Crippen molar-refractivity contribution in [2.24, 2.45) is 0 Å². The molecule has 0 saturated heterocycles. The van der Waals surface area contributed by atoms with Crippen molar-refractivity contribution in [1.82, 2.24) is 4.72 Å². The van der Waals surface area contributed by atoms with Crippen LogP contribution in [0.1, 0.15) is 6.92 Å². The molecular weight excluding hydrogens is 250 g/mol. The SMILES string of the molecule is C[C@@H](CO)NS(=O)(=O)c1ccc2ccccc2c1. The van der Waals surface area contributed by atoms with Gasteiger partial charge in [-0.15, -0.1) is 0 Å². The van der Waals surface area contributed by atoms with Crippen molar-refractivity contribution in [1.29, 1.82) is 0 Å². The molecule has 2 aromatic carbocycles. The molecule has 0 bridgehead atoms. The van der Waals surface area contributed by atoms with Gasteiger partial charge >= 0.3 is 0 Å². The van der Waals surface area contributed by atoms with Gasteiger partial charge in [-0.2, -0.15) is 0 Å². The standard InChI is InChI=1S/C13H15NO3S/c1-10(9-15)14-18(16,17)13-7-6-11-4-2-3-5-12(11)8-13/h2-8,10,14-15H,9H2,1H3/t10-/m0/s1. The van der Waals surface area contributed by atoms with E-state index in [2.05, 4.69) is 4.72 Å². The van der Waals surface area contributed by atoms with Crippen LogP contribution in [0.2, 0.25) is 0 Å². The van der Waals surface area contributed by atoms with E-state index in [0.717, 1.165) is 10.8 Å². The lowest BCUT2D eigenvalue weighted by atomic mass is 10.1. The summed E-state index contributed by atoms with van der Waals surface area (Å²) in [5.41, 5.74) is 0. The Bertz CT molecular complexity index is 652. The van der Waals surface area contributed by atoms with Crippen molar-refractivity contribution in [2.75, 3.05) is 6.61 Å². The first-order valence-electron chi connectivity index (χ1n) is 5.65. The minimum absolute atomic E-state index is 0.210. The van der Waals surface area contributed by atoms with Crippen molar-refractivity contribution in [3.63, 3.8) is 0 Å². The highest BCUT2D eigenvalue weighted by molar-refractivity contribution is 7.89. The van der Waals surface area contributed by atoms with Crippen LogP contribution in [0.25, 0.3) is 10.8 Å². The summed E-state index contributed by atoms with van der Waals surface area (Å²) in [5.74, 6) is 0. The number of aliphatic hydroxyl groups is 1. The molecule has 0 aromatic heterocycles. The molecule has 96 valence electrons. The molecule has 0 spiro atoms. The van der Waals surface area contributed by atoms with Crippen LogP contribution in [-0.2, 0) is 10.0 Å². The first-order valence-corrected chi connectivity index (χ1v) is 7.13. The van der Waals surface area contributed by atoms with Gasteiger partial charge in [-0.05, 0) is 29.8 Å². The fraction of sp³-hybridized carbons (Fsp3) is 0.231. The van der Waals surface area contributed by atoms with Crippen LogP contribution in [0.4, 0.5) is 0 Å². The lowest BCUT2D eigenvalue weighted by Crippen LogP contribution is -2.34. The molecule has 0 fully saturated rings. The molecule has 0 saturated carbocycles. The average molecular weight is 265 g/mol. The Balaban J connectivity index is 2.41. The molecule has 2 rings (SSSR count). The first-order chi connectivity index (χ1) is 8.53. The molecule has 0 aliphatic heterocycles. The third-order valence-corrected chi connectivity index (χ3v) is 4.25. The Morgan fingerprint density at radius 1 is 1.17 bits per heavy atom. The molecule has 2 N–H and O–H groups in total. The Kier molecular flexibility index (Phi) is 3.65. The maximum Gasteiger partial charge on any atom is 0.240 e. The van der Waals surface area contributed by atoms with Gasteiger partial charge in [-0.25, -0.2) is 13.1 Å². The highest BCUT2D eigenvalue weighted by Crippen LogP contribution is 2.18. The normalized spacial score (nSPS) is 13.7. The number of sulfonamides is 1. The summed E-state index contributed by atoms with van der Waals surface area (Å²) < 4.78 is 26.5. The minimum Gasteiger partial charge on any atom is -0.395 e. The van der Waals surface area contributed by atoms with Gasteiger partial charge in [-0.3, -0.25) is 0 Å². The van der Waals surface area contributed by atoms with E-state index in [1.165, 1.54) is 0 Å². The smallest absolute Gasteiger partial charge is 0.240 e. The van der Waals surface area contributed by atoms with E-state index in [0.29, 0.717) is 0 Å². The molecule has 5 heteroatoms. The number of nitrogens with one attached hydrogen (secondary N) is 1. The molecule has 4 nitrogen and oxygen atoms in total. The van der Waals surface area contributed by atoms with Crippen LogP contribution >= 0.6 is 0 Å². The fourth-order valence-corrected chi connectivity index (χ4v) is 2.97. The number of benzene rings is 2. The second-order valence-electron chi connectivity index (χ2n) is 4.21. The summed E-state index contributed by atoms with van der Waals surface area (Å²) in [6, 6.07) is 12.0. The van der Waals surface area contributed by atoms with E-state index in [9.17, 15) is 8.42 Å². The van der Waals surface area contributed by atoms with Crippen molar-refractivity contribution >= 4 is 20.8 Å². The summed E-state index contributed by atoms with van der Waals surface area (Å²) in [4.78, 5) is 0.210. The van der Waals surface area contributed by atoms with Gasteiger partial charge in [0, 0.05) is 6.04 Å². The number of rotatable bonds is 4. The van der Waals surface area contributed by atoms with Crippen molar-refractivity contribution in [3.05, 3.63) is 42.5 Å². The number of aliphatic hydroxyl groups excluding tert-OH is 1. The predicted octanol–water partition coefficient (Wildman–Crippen LogP) is 1.50. The monoisotopic (exact) mass is 265 g/mol. The highest BCUT2D eigenvalue weighted by atomic mass is 32.2. The van der Waals surface area contributed by atoms with Gasteiger partial charge in [-0.1, -0.05) is 30.3 Å². The summed E-state index contributed by atoms with van der Waals surface area (Å²) in [6.45, 7) is 1.38. The summed E-state index contributed by atoms with van der Waals surface area (Å²) in [7, 11) is -3.57. The van der Waals surface area contributed by atoms with E-state index < -0.39 is 16.1 Å². The molecule has 0 aliphatic rings. The first kappa shape index (κ1) is 13.0. The quantitative estimate of drug-likeness (QED) is 0.880. The Hall–Kier alpha value is -1.43. The van der Waals surface area contributed by atoms with Crippen LogP contribution in [0.5, 0.6) is 0 Å². The summed E-state index contributed by atoms with van der Waals surface area (Å²) >= 11 is 0. The molecular formula is C13H15NO3S. The van der Waals surface area contributed by atoms with Crippen molar-refractivity contribution in [2.45, 2.75) is 17.9 Å². The maximum absolute atomic E-state index is 12.0. The van der Waals surface area contributed by atoms with Crippen molar-refractivity contribution < 1.29 is 13.5 Å². The second-order valence-corrected chi connectivity index (χ2v) is 5.93. The second kappa shape index (κ2) is 5.06. The maximum atomic E-state index is 12.0. The molecule has 0 amide bonds. The van der Waals surface area contributed by atoms with Crippen LogP contribution in [0, 0.1) is 0 Å².